The smallest absolute Gasteiger partial charge is 0.297 e. The Kier molecular flexibility index (Phi) is 4.70. The van der Waals surface area contributed by atoms with E-state index in [0.717, 1.165) is 29.0 Å². The second-order valence-electron chi connectivity index (χ2n) is 7.68. The molecule has 31 heavy (non-hydrogen) atoms. The molecule has 3 heterocycles. The molecule has 4 aromatic rings. The molecule has 2 aromatic heterocycles. The van der Waals surface area contributed by atoms with Crippen LogP contribution < -0.4 is 10.3 Å². The van der Waals surface area contributed by atoms with E-state index in [-0.39, 0.29) is 17.1 Å². The monoisotopic (exact) mass is 431 g/mol. The molecular weight excluding hydrogens is 410 g/mol. The zero-order valence-electron chi connectivity index (χ0n) is 17.5. The molecular formula is C24H21N3O3S. The van der Waals surface area contributed by atoms with Crippen molar-refractivity contribution in [3.63, 3.8) is 0 Å². The third-order valence-electron chi connectivity index (χ3n) is 5.69. The van der Waals surface area contributed by atoms with E-state index in [9.17, 15) is 9.59 Å². The van der Waals surface area contributed by atoms with Gasteiger partial charge in [-0.25, -0.2) is 0 Å². The Morgan fingerprint density at radius 2 is 1.81 bits per heavy atom. The lowest BCUT2D eigenvalue weighted by molar-refractivity contribution is 0.0970. The number of carbonyl (C=O) groups excluding carboxylic acids is 1. The maximum atomic E-state index is 13.6. The number of carbonyl (C=O) groups is 1. The van der Waals surface area contributed by atoms with Crippen LogP contribution in [-0.2, 0) is 12.8 Å². The van der Waals surface area contributed by atoms with Gasteiger partial charge in [0.25, 0.3) is 5.91 Å². The number of aryl methyl sites for hydroxylation is 3. The van der Waals surface area contributed by atoms with Crippen molar-refractivity contribution < 1.29 is 9.21 Å². The predicted molar refractivity (Wildman–Crippen MR) is 121 cm³/mol. The number of benzene rings is 2. The Labute approximate surface area is 183 Å². The first-order valence-corrected chi connectivity index (χ1v) is 11.2. The van der Waals surface area contributed by atoms with Gasteiger partial charge < -0.3 is 4.42 Å². The van der Waals surface area contributed by atoms with Gasteiger partial charge in [-0.15, -0.1) is 10.2 Å². The Morgan fingerprint density at radius 3 is 2.48 bits per heavy atom. The van der Waals surface area contributed by atoms with Crippen molar-refractivity contribution in [3.8, 4) is 0 Å². The van der Waals surface area contributed by atoms with Crippen molar-refractivity contribution in [2.45, 2.75) is 39.7 Å². The molecule has 5 rings (SSSR count). The highest BCUT2D eigenvalue weighted by Gasteiger charge is 2.45. The van der Waals surface area contributed by atoms with E-state index in [1.54, 1.807) is 11.0 Å². The van der Waals surface area contributed by atoms with Gasteiger partial charge in [-0.05, 0) is 43.0 Å². The summed E-state index contributed by atoms with van der Waals surface area (Å²) in [5.41, 5.74) is 3.58. The first kappa shape index (κ1) is 19.6. The minimum Gasteiger partial charge on any atom is -0.450 e. The molecule has 1 atom stereocenters. The SMILES string of the molecule is CCc1ccc(C2c3c(oc4ccc(C)cc4c3=O)C(=O)N2c2nnc(CC)s2)cc1. The zero-order valence-corrected chi connectivity index (χ0v) is 18.3. The fourth-order valence-electron chi connectivity index (χ4n) is 4.02. The molecule has 0 spiro atoms. The van der Waals surface area contributed by atoms with Crippen LogP contribution in [-0.4, -0.2) is 16.1 Å². The summed E-state index contributed by atoms with van der Waals surface area (Å²) < 4.78 is 6.00. The molecule has 0 radical (unpaired) electrons. The Bertz CT molecular complexity index is 1370. The van der Waals surface area contributed by atoms with Crippen molar-refractivity contribution >= 4 is 33.3 Å². The van der Waals surface area contributed by atoms with Crippen LogP contribution in [0.1, 0.15) is 57.7 Å². The molecule has 156 valence electrons. The number of anilines is 1. The molecule has 1 unspecified atom stereocenters. The fraction of sp³-hybridized carbons (Fsp3) is 0.250. The summed E-state index contributed by atoms with van der Waals surface area (Å²) in [5, 5.41) is 10.2. The van der Waals surface area contributed by atoms with Crippen LogP contribution >= 0.6 is 11.3 Å². The van der Waals surface area contributed by atoms with Gasteiger partial charge in [0.1, 0.15) is 10.6 Å². The van der Waals surface area contributed by atoms with Crippen molar-refractivity contribution in [1.29, 1.82) is 0 Å². The normalized spacial score (nSPS) is 15.6. The molecule has 0 aliphatic carbocycles. The number of hydrogen-bond acceptors (Lipinski definition) is 6. The highest BCUT2D eigenvalue weighted by Crippen LogP contribution is 2.42. The molecule has 0 saturated heterocycles. The maximum absolute atomic E-state index is 13.6. The fourth-order valence-corrected chi connectivity index (χ4v) is 4.83. The number of aromatic nitrogens is 2. The summed E-state index contributed by atoms with van der Waals surface area (Å²) in [6, 6.07) is 12.8. The van der Waals surface area contributed by atoms with Crippen LogP contribution in [0.2, 0.25) is 0 Å². The van der Waals surface area contributed by atoms with E-state index in [2.05, 4.69) is 17.1 Å². The summed E-state index contributed by atoms with van der Waals surface area (Å²) in [7, 11) is 0. The number of rotatable bonds is 4. The highest BCUT2D eigenvalue weighted by atomic mass is 32.1. The third-order valence-corrected chi connectivity index (χ3v) is 6.76. The number of amides is 1. The molecule has 2 aromatic carbocycles. The predicted octanol–water partition coefficient (Wildman–Crippen LogP) is 4.83. The van der Waals surface area contributed by atoms with Gasteiger partial charge in [-0.2, -0.15) is 0 Å². The maximum Gasteiger partial charge on any atom is 0.297 e. The van der Waals surface area contributed by atoms with Gasteiger partial charge in [-0.3, -0.25) is 14.5 Å². The molecule has 0 fully saturated rings. The lowest BCUT2D eigenvalue weighted by Crippen LogP contribution is -2.29. The quantitative estimate of drug-likeness (QED) is 0.463. The van der Waals surface area contributed by atoms with E-state index >= 15 is 0 Å². The summed E-state index contributed by atoms with van der Waals surface area (Å²) in [6.45, 7) is 6.01. The highest BCUT2D eigenvalue weighted by molar-refractivity contribution is 7.15. The summed E-state index contributed by atoms with van der Waals surface area (Å²) in [4.78, 5) is 28.6. The summed E-state index contributed by atoms with van der Waals surface area (Å²) >= 11 is 1.36. The van der Waals surface area contributed by atoms with Crippen LogP contribution in [0.25, 0.3) is 11.0 Å². The second-order valence-corrected chi connectivity index (χ2v) is 8.72. The van der Waals surface area contributed by atoms with Gasteiger partial charge in [0.15, 0.2) is 5.43 Å². The molecule has 0 saturated carbocycles. The van der Waals surface area contributed by atoms with E-state index in [0.29, 0.717) is 21.7 Å². The van der Waals surface area contributed by atoms with Gasteiger partial charge in [0.2, 0.25) is 10.9 Å². The molecule has 1 amide bonds. The molecule has 1 aliphatic heterocycles. The first-order chi connectivity index (χ1) is 15.0. The average Bonchev–Trinajstić information content (AvgIpc) is 3.37. The van der Waals surface area contributed by atoms with E-state index < -0.39 is 6.04 Å². The van der Waals surface area contributed by atoms with Crippen LogP contribution in [0.3, 0.4) is 0 Å². The number of fused-ring (bicyclic) bond motifs is 2. The molecule has 1 aliphatic rings. The standard InChI is InChI=1S/C24H21N3O3S/c1-4-14-7-9-15(10-8-14)20-19-21(28)16-12-13(3)6-11-17(16)30-22(19)23(29)27(20)24-26-25-18(5-2)31-24/h6-12,20H,4-5H2,1-3H3. The molecule has 7 heteroatoms. The Hall–Kier alpha value is -3.32. The first-order valence-electron chi connectivity index (χ1n) is 10.3. The van der Waals surface area contributed by atoms with Crippen molar-refractivity contribution in [2.24, 2.45) is 0 Å². The summed E-state index contributed by atoms with van der Waals surface area (Å²) in [6.07, 6.45) is 1.63. The third kappa shape index (κ3) is 3.08. The van der Waals surface area contributed by atoms with Crippen LogP contribution in [0.4, 0.5) is 5.13 Å². The summed E-state index contributed by atoms with van der Waals surface area (Å²) in [5.74, 6) is -0.280. The van der Waals surface area contributed by atoms with E-state index in [4.69, 9.17) is 4.42 Å². The van der Waals surface area contributed by atoms with Gasteiger partial charge in [-0.1, -0.05) is 61.1 Å². The van der Waals surface area contributed by atoms with Gasteiger partial charge in [0, 0.05) is 0 Å². The average molecular weight is 432 g/mol. The van der Waals surface area contributed by atoms with Crippen LogP contribution in [0.15, 0.2) is 51.7 Å². The van der Waals surface area contributed by atoms with E-state index in [1.807, 2.05) is 50.2 Å². The minimum absolute atomic E-state index is 0.0826. The lowest BCUT2D eigenvalue weighted by atomic mass is 9.97. The molecule has 6 nitrogen and oxygen atoms in total. The number of hydrogen-bond donors (Lipinski definition) is 0. The van der Waals surface area contributed by atoms with Crippen molar-refractivity contribution in [2.75, 3.05) is 4.90 Å². The van der Waals surface area contributed by atoms with Crippen LogP contribution in [0.5, 0.6) is 0 Å². The van der Waals surface area contributed by atoms with Crippen molar-refractivity contribution in [3.05, 3.63) is 85.7 Å². The minimum atomic E-state index is -0.604. The van der Waals surface area contributed by atoms with Crippen molar-refractivity contribution in [1.82, 2.24) is 10.2 Å². The molecule has 0 bridgehead atoms. The largest absolute Gasteiger partial charge is 0.450 e. The zero-order chi connectivity index (χ0) is 21.7. The second kappa shape index (κ2) is 7.42. The lowest BCUT2D eigenvalue weighted by Gasteiger charge is -2.22. The topological polar surface area (TPSA) is 76.3 Å². The number of nitrogens with zero attached hydrogens (tertiary/aromatic N) is 3. The van der Waals surface area contributed by atoms with Gasteiger partial charge >= 0.3 is 0 Å². The Morgan fingerprint density at radius 1 is 1.03 bits per heavy atom. The Balaban J connectivity index is 1.78. The van der Waals surface area contributed by atoms with Crippen LogP contribution in [0, 0.1) is 6.92 Å². The molecule has 0 N–H and O–H groups in total. The van der Waals surface area contributed by atoms with Gasteiger partial charge in [0.05, 0.1) is 17.0 Å². The van der Waals surface area contributed by atoms with E-state index in [1.165, 1.54) is 16.9 Å².